The van der Waals surface area contributed by atoms with Crippen LogP contribution in [0.5, 0.6) is 0 Å². The standard InChI is InChI=1S/C21H27N3O2/c25-19-11-14-24(15-12-19)16-13-22-21(26)23-20(17-7-3-1-4-8-17)18-9-5-2-6-10-18/h1-10,19-20,25H,11-16H2,(H2,22,23,26). The van der Waals surface area contributed by atoms with Gasteiger partial charge in [0.05, 0.1) is 12.1 Å². The summed E-state index contributed by atoms with van der Waals surface area (Å²) in [5.41, 5.74) is 2.11. The van der Waals surface area contributed by atoms with Crippen LogP contribution in [-0.4, -0.2) is 48.3 Å². The molecule has 1 aliphatic rings. The maximum Gasteiger partial charge on any atom is 0.315 e. The number of aliphatic hydroxyl groups is 1. The van der Waals surface area contributed by atoms with E-state index in [1.54, 1.807) is 0 Å². The number of benzene rings is 2. The first-order valence-corrected chi connectivity index (χ1v) is 9.27. The fourth-order valence-electron chi connectivity index (χ4n) is 3.30. The molecule has 0 atom stereocenters. The molecule has 1 aliphatic heterocycles. The van der Waals surface area contributed by atoms with E-state index in [9.17, 15) is 9.90 Å². The molecule has 5 heteroatoms. The summed E-state index contributed by atoms with van der Waals surface area (Å²) in [5.74, 6) is 0. The van der Waals surface area contributed by atoms with Crippen molar-refractivity contribution in [2.24, 2.45) is 0 Å². The molecule has 2 aromatic rings. The van der Waals surface area contributed by atoms with Crippen molar-refractivity contribution in [3.05, 3.63) is 71.8 Å². The molecule has 3 rings (SSSR count). The summed E-state index contributed by atoms with van der Waals surface area (Å²) in [7, 11) is 0. The van der Waals surface area contributed by atoms with Gasteiger partial charge in [-0.1, -0.05) is 60.7 Å². The van der Waals surface area contributed by atoms with Crippen molar-refractivity contribution in [2.45, 2.75) is 25.0 Å². The van der Waals surface area contributed by atoms with Crippen molar-refractivity contribution in [3.8, 4) is 0 Å². The number of carbonyl (C=O) groups excluding carboxylic acids is 1. The SMILES string of the molecule is O=C(NCCN1CCC(O)CC1)NC(c1ccccc1)c1ccccc1. The molecule has 5 nitrogen and oxygen atoms in total. The van der Waals surface area contributed by atoms with Crippen LogP contribution < -0.4 is 10.6 Å². The van der Waals surface area contributed by atoms with Crippen LogP contribution in [0.15, 0.2) is 60.7 Å². The highest BCUT2D eigenvalue weighted by molar-refractivity contribution is 5.75. The first-order chi connectivity index (χ1) is 12.7. The van der Waals surface area contributed by atoms with Gasteiger partial charge in [-0.05, 0) is 24.0 Å². The Morgan fingerprint density at radius 2 is 1.54 bits per heavy atom. The maximum atomic E-state index is 12.4. The molecule has 0 aliphatic carbocycles. The van der Waals surface area contributed by atoms with Crippen LogP contribution in [0.25, 0.3) is 0 Å². The minimum absolute atomic E-state index is 0.167. The Morgan fingerprint density at radius 1 is 1.00 bits per heavy atom. The summed E-state index contributed by atoms with van der Waals surface area (Å²) in [5, 5.41) is 15.6. The van der Waals surface area contributed by atoms with Crippen LogP contribution in [0.4, 0.5) is 4.79 Å². The molecular formula is C21H27N3O2. The largest absolute Gasteiger partial charge is 0.393 e. The topological polar surface area (TPSA) is 64.6 Å². The number of aliphatic hydroxyl groups excluding tert-OH is 1. The molecule has 0 saturated carbocycles. The molecule has 0 spiro atoms. The third-order valence-corrected chi connectivity index (χ3v) is 4.81. The number of nitrogens with zero attached hydrogens (tertiary/aromatic N) is 1. The van der Waals surface area contributed by atoms with Gasteiger partial charge in [-0.15, -0.1) is 0 Å². The highest BCUT2D eigenvalue weighted by atomic mass is 16.3. The third kappa shape index (κ3) is 5.31. The van der Waals surface area contributed by atoms with Gasteiger partial charge in [0.15, 0.2) is 0 Å². The number of hydrogen-bond donors (Lipinski definition) is 3. The Kier molecular flexibility index (Phi) is 6.63. The zero-order valence-electron chi connectivity index (χ0n) is 15.0. The van der Waals surface area contributed by atoms with Gasteiger partial charge in [0.25, 0.3) is 0 Å². The quantitative estimate of drug-likeness (QED) is 0.748. The minimum Gasteiger partial charge on any atom is -0.393 e. The van der Waals surface area contributed by atoms with Gasteiger partial charge < -0.3 is 20.6 Å². The van der Waals surface area contributed by atoms with Crippen molar-refractivity contribution in [2.75, 3.05) is 26.2 Å². The van der Waals surface area contributed by atoms with Gasteiger partial charge in [-0.25, -0.2) is 4.79 Å². The molecule has 26 heavy (non-hydrogen) atoms. The monoisotopic (exact) mass is 353 g/mol. The lowest BCUT2D eigenvalue weighted by atomic mass is 9.99. The number of urea groups is 1. The number of nitrogens with one attached hydrogen (secondary N) is 2. The maximum absolute atomic E-state index is 12.4. The molecule has 0 unspecified atom stereocenters. The Labute approximate surface area is 155 Å². The normalized spacial score (nSPS) is 15.8. The molecule has 0 aromatic heterocycles. The van der Waals surface area contributed by atoms with Crippen LogP contribution in [-0.2, 0) is 0 Å². The molecule has 1 saturated heterocycles. The van der Waals surface area contributed by atoms with E-state index >= 15 is 0 Å². The lowest BCUT2D eigenvalue weighted by Gasteiger charge is -2.29. The lowest BCUT2D eigenvalue weighted by molar-refractivity contribution is 0.0832. The predicted octanol–water partition coefficient (Wildman–Crippen LogP) is 2.53. The highest BCUT2D eigenvalue weighted by Gasteiger charge is 2.18. The number of rotatable bonds is 6. The molecular weight excluding hydrogens is 326 g/mol. The van der Waals surface area contributed by atoms with Crippen LogP contribution in [0, 0.1) is 0 Å². The van der Waals surface area contributed by atoms with Crippen molar-refractivity contribution in [3.63, 3.8) is 0 Å². The van der Waals surface area contributed by atoms with E-state index in [-0.39, 0.29) is 18.2 Å². The van der Waals surface area contributed by atoms with Crippen molar-refractivity contribution < 1.29 is 9.90 Å². The fourth-order valence-corrected chi connectivity index (χ4v) is 3.30. The van der Waals surface area contributed by atoms with Crippen LogP contribution in [0.1, 0.15) is 30.0 Å². The second kappa shape index (κ2) is 9.36. The van der Waals surface area contributed by atoms with Gasteiger partial charge in [-0.2, -0.15) is 0 Å². The number of hydrogen-bond acceptors (Lipinski definition) is 3. The van der Waals surface area contributed by atoms with E-state index in [1.165, 1.54) is 0 Å². The number of carbonyl (C=O) groups is 1. The average molecular weight is 353 g/mol. The summed E-state index contributed by atoms with van der Waals surface area (Å²) >= 11 is 0. The van der Waals surface area contributed by atoms with E-state index < -0.39 is 0 Å². The van der Waals surface area contributed by atoms with E-state index in [0.29, 0.717) is 6.54 Å². The summed E-state index contributed by atoms with van der Waals surface area (Å²) < 4.78 is 0. The summed E-state index contributed by atoms with van der Waals surface area (Å²) in [6, 6.07) is 19.6. The van der Waals surface area contributed by atoms with E-state index in [1.807, 2.05) is 60.7 Å². The molecule has 1 heterocycles. The van der Waals surface area contributed by atoms with Gasteiger partial charge in [0.1, 0.15) is 0 Å². The molecule has 2 amide bonds. The predicted molar refractivity (Wildman–Crippen MR) is 103 cm³/mol. The molecule has 0 radical (unpaired) electrons. The second-order valence-corrected chi connectivity index (χ2v) is 6.73. The first kappa shape index (κ1) is 18.4. The smallest absolute Gasteiger partial charge is 0.315 e. The molecule has 3 N–H and O–H groups in total. The van der Waals surface area contributed by atoms with Gasteiger partial charge in [0, 0.05) is 26.2 Å². The summed E-state index contributed by atoms with van der Waals surface area (Å²) in [6.45, 7) is 3.18. The highest BCUT2D eigenvalue weighted by Crippen LogP contribution is 2.21. The second-order valence-electron chi connectivity index (χ2n) is 6.73. The molecule has 0 bridgehead atoms. The first-order valence-electron chi connectivity index (χ1n) is 9.27. The zero-order valence-corrected chi connectivity index (χ0v) is 15.0. The summed E-state index contributed by atoms with van der Waals surface area (Å²) in [6.07, 6.45) is 1.46. The third-order valence-electron chi connectivity index (χ3n) is 4.81. The van der Waals surface area contributed by atoms with E-state index in [0.717, 1.165) is 43.6 Å². The van der Waals surface area contributed by atoms with E-state index in [2.05, 4.69) is 15.5 Å². The van der Waals surface area contributed by atoms with E-state index in [4.69, 9.17) is 0 Å². The van der Waals surface area contributed by atoms with Crippen molar-refractivity contribution in [1.29, 1.82) is 0 Å². The number of piperidine rings is 1. The van der Waals surface area contributed by atoms with Crippen molar-refractivity contribution >= 4 is 6.03 Å². The Bertz CT molecular complexity index is 631. The van der Waals surface area contributed by atoms with Crippen LogP contribution in [0.2, 0.25) is 0 Å². The molecule has 138 valence electrons. The molecule has 2 aromatic carbocycles. The zero-order chi connectivity index (χ0) is 18.2. The fraction of sp³-hybridized carbons (Fsp3) is 0.381. The lowest BCUT2D eigenvalue weighted by Crippen LogP contribution is -2.44. The Balaban J connectivity index is 1.54. The van der Waals surface area contributed by atoms with Gasteiger partial charge >= 0.3 is 6.03 Å². The average Bonchev–Trinajstić information content (AvgIpc) is 2.69. The van der Waals surface area contributed by atoms with Crippen LogP contribution >= 0.6 is 0 Å². The number of amides is 2. The number of likely N-dealkylation sites (tertiary alicyclic amines) is 1. The Morgan fingerprint density at radius 3 is 2.08 bits per heavy atom. The van der Waals surface area contributed by atoms with Gasteiger partial charge in [-0.3, -0.25) is 0 Å². The van der Waals surface area contributed by atoms with Crippen LogP contribution in [0.3, 0.4) is 0 Å². The van der Waals surface area contributed by atoms with Gasteiger partial charge in [0.2, 0.25) is 0 Å². The minimum atomic E-state index is -0.178. The van der Waals surface area contributed by atoms with Crippen molar-refractivity contribution in [1.82, 2.24) is 15.5 Å². The molecule has 1 fully saturated rings. The summed E-state index contributed by atoms with van der Waals surface area (Å²) in [4.78, 5) is 14.7. The Hall–Kier alpha value is -2.37.